The van der Waals surface area contributed by atoms with Crippen LogP contribution in [0.3, 0.4) is 0 Å². The summed E-state index contributed by atoms with van der Waals surface area (Å²) in [4.78, 5) is 7.72. The number of nitriles is 2. The van der Waals surface area contributed by atoms with Crippen LogP contribution in [0.2, 0.25) is 0 Å². The third-order valence-electron chi connectivity index (χ3n) is 2.43. The van der Waals surface area contributed by atoms with Crippen LogP contribution in [0, 0.1) is 22.7 Å². The zero-order valence-electron chi connectivity index (χ0n) is 14.5. The molecule has 0 bridgehead atoms. The largest absolute Gasteiger partial charge is 1.00 e. The topological polar surface area (TPSA) is 173 Å². The normalized spacial score (nSPS) is 9.85. The Morgan fingerprint density at radius 1 is 0.889 bits per heavy atom. The number of aromatic nitrogens is 2. The predicted molar refractivity (Wildman–Crippen MR) is 97.0 cm³/mol. The first-order valence-corrected chi connectivity index (χ1v) is 7.28. The number of pyridine rings is 2. The minimum absolute atomic E-state index is 0. The molecular weight excluding hydrogens is 402 g/mol. The zero-order chi connectivity index (χ0) is 19.9. The molecule has 0 spiro atoms. The second kappa shape index (κ2) is 16.0. The van der Waals surface area contributed by atoms with Crippen LogP contribution < -0.4 is 46.1 Å². The molecule has 12 heteroatoms. The van der Waals surface area contributed by atoms with Gasteiger partial charge in [0.1, 0.15) is 34.9 Å². The summed E-state index contributed by atoms with van der Waals surface area (Å²) >= 11 is 10.4. The summed E-state index contributed by atoms with van der Waals surface area (Å²) in [5, 5.41) is 24.9. The molecule has 2 aromatic rings. The minimum atomic E-state index is 0. The van der Waals surface area contributed by atoms with E-state index in [9.17, 15) is 0 Å². The van der Waals surface area contributed by atoms with Crippen LogP contribution in [-0.4, -0.2) is 28.7 Å². The number of rotatable bonds is 2. The molecule has 0 saturated carbocycles. The number of nitrogens with zero attached hydrogens (tertiary/aromatic N) is 6. The van der Waals surface area contributed by atoms with Crippen LogP contribution in [0.25, 0.3) is 0 Å². The maximum atomic E-state index is 8.34. The number of halogens is 2. The van der Waals surface area contributed by atoms with E-state index >= 15 is 0 Å². The molecule has 0 aliphatic carbocycles. The Bertz CT molecular complexity index is 799. The van der Waals surface area contributed by atoms with Crippen molar-refractivity contribution in [2.45, 2.75) is 0 Å². The average Bonchev–Trinajstić information content (AvgIpc) is 2.74. The van der Waals surface area contributed by atoms with Crippen molar-refractivity contribution in [2.75, 3.05) is 7.11 Å². The minimum Gasteiger partial charge on any atom is -0.857 e. The Labute approximate surface area is 188 Å². The smallest absolute Gasteiger partial charge is 0.857 e. The Balaban J connectivity index is 0. The molecule has 27 heavy (non-hydrogen) atoms. The molecule has 2 rings (SSSR count). The monoisotopic (exact) mass is 414 g/mol. The predicted octanol–water partition coefficient (Wildman–Crippen LogP) is -2.39. The van der Waals surface area contributed by atoms with Crippen molar-refractivity contribution in [3.05, 3.63) is 59.2 Å². The zero-order valence-corrected chi connectivity index (χ0v) is 18.0. The molecule has 0 radical (unpaired) electrons. The maximum absolute atomic E-state index is 8.34. The number of amidine groups is 2. The van der Waals surface area contributed by atoms with Crippen molar-refractivity contribution in [2.24, 2.45) is 20.5 Å². The molecule has 0 amide bonds. The van der Waals surface area contributed by atoms with Gasteiger partial charge in [-0.25, -0.2) is 9.97 Å². The van der Waals surface area contributed by atoms with E-state index in [1.807, 2.05) is 12.1 Å². The molecule has 0 aliphatic rings. The van der Waals surface area contributed by atoms with Crippen LogP contribution >= 0.6 is 23.6 Å². The number of hydrogen-bond donors (Lipinski definition) is 2. The van der Waals surface area contributed by atoms with E-state index in [1.54, 1.807) is 36.4 Å². The first kappa shape index (κ1) is 27.0. The van der Waals surface area contributed by atoms with Gasteiger partial charge in [0, 0.05) is 23.6 Å². The summed E-state index contributed by atoms with van der Waals surface area (Å²) in [6, 6.07) is 13.4. The fourth-order valence-electron chi connectivity index (χ4n) is 1.37. The molecule has 9 nitrogen and oxygen atoms in total. The standard InChI is InChI=1S/C7H7Cl2N5.C7H3N3.CH3O.Na/c8-13-6(10)4-2-1-3-5(12-4)7(11)14-9;8-4-6-2-1-3-7(5-9)10-6;1-2;/h1-3H,(H2,10,13)(H2,11,14);1-3H;1H3;/q;;-1;+1. The van der Waals surface area contributed by atoms with Gasteiger partial charge in [-0.2, -0.15) is 26.7 Å². The molecule has 2 aromatic heterocycles. The van der Waals surface area contributed by atoms with E-state index < -0.39 is 0 Å². The van der Waals surface area contributed by atoms with Crippen molar-refractivity contribution in [3.63, 3.8) is 0 Å². The molecule has 2 heterocycles. The van der Waals surface area contributed by atoms with Crippen molar-refractivity contribution in [1.82, 2.24) is 9.97 Å². The van der Waals surface area contributed by atoms with Gasteiger partial charge in [0.15, 0.2) is 11.7 Å². The molecular formula is C15H13Cl2N8NaO. The SMILES string of the molecule is C[O-].N#Cc1cccc(C#N)n1.NC(=NCl)c1cccc(C(N)=NCl)n1.[Na+]. The Morgan fingerprint density at radius 2 is 1.26 bits per heavy atom. The summed E-state index contributed by atoms with van der Waals surface area (Å²) in [5.74, 6) is 0.215. The second-order valence-electron chi connectivity index (χ2n) is 3.98. The maximum Gasteiger partial charge on any atom is 1.00 e. The van der Waals surface area contributed by atoms with Gasteiger partial charge in [-0.3, -0.25) is 0 Å². The van der Waals surface area contributed by atoms with Gasteiger partial charge in [0.25, 0.3) is 0 Å². The molecule has 4 N–H and O–H groups in total. The van der Waals surface area contributed by atoms with E-state index in [1.165, 1.54) is 0 Å². The third kappa shape index (κ3) is 9.87. The Hall–Kier alpha value is -2.24. The summed E-state index contributed by atoms with van der Waals surface area (Å²) in [5.41, 5.74) is 12.3. The number of hydrogen-bond acceptors (Lipinski definition) is 7. The molecule has 0 aliphatic heterocycles. The first-order chi connectivity index (χ1) is 12.5. The van der Waals surface area contributed by atoms with Gasteiger partial charge in [0.05, 0.1) is 0 Å². The van der Waals surface area contributed by atoms with E-state index in [0.717, 1.165) is 7.11 Å². The Kier molecular flexibility index (Phi) is 16.0. The van der Waals surface area contributed by atoms with Crippen molar-refractivity contribution in [1.29, 1.82) is 10.5 Å². The van der Waals surface area contributed by atoms with Gasteiger partial charge < -0.3 is 16.6 Å². The quantitative estimate of drug-likeness (QED) is 0.313. The van der Waals surface area contributed by atoms with Crippen LogP contribution in [0.15, 0.2) is 45.4 Å². The molecule has 134 valence electrons. The molecule has 0 fully saturated rings. The second-order valence-corrected chi connectivity index (χ2v) is 4.32. The van der Waals surface area contributed by atoms with Crippen LogP contribution in [-0.2, 0) is 0 Å². The first-order valence-electron chi connectivity index (χ1n) is 6.60. The van der Waals surface area contributed by atoms with E-state index in [4.69, 9.17) is 50.7 Å². The summed E-state index contributed by atoms with van der Waals surface area (Å²) in [7, 11) is 0.750. The van der Waals surface area contributed by atoms with Crippen molar-refractivity contribution >= 4 is 35.2 Å². The molecule has 0 unspecified atom stereocenters. The van der Waals surface area contributed by atoms with Crippen molar-refractivity contribution in [3.8, 4) is 12.1 Å². The van der Waals surface area contributed by atoms with E-state index in [-0.39, 0.29) is 52.6 Å². The fraction of sp³-hybridized carbons (Fsp3) is 0.0667. The summed E-state index contributed by atoms with van der Waals surface area (Å²) < 4.78 is 6.55. The molecule has 0 saturated heterocycles. The van der Waals surface area contributed by atoms with E-state index in [2.05, 4.69) is 19.0 Å². The van der Waals surface area contributed by atoms with Crippen LogP contribution in [0.4, 0.5) is 0 Å². The van der Waals surface area contributed by atoms with Gasteiger partial charge in [0.2, 0.25) is 0 Å². The number of nitrogens with two attached hydrogens (primary N) is 2. The van der Waals surface area contributed by atoms with Crippen LogP contribution in [0.1, 0.15) is 22.8 Å². The van der Waals surface area contributed by atoms with Gasteiger partial charge in [-0.05, 0) is 24.3 Å². The van der Waals surface area contributed by atoms with Gasteiger partial charge in [-0.15, -0.1) is 0 Å². The third-order valence-corrected chi connectivity index (χ3v) is 2.80. The summed E-state index contributed by atoms with van der Waals surface area (Å²) in [6.45, 7) is 0. The molecule has 0 aromatic carbocycles. The molecule has 0 atom stereocenters. The Morgan fingerprint density at radius 3 is 1.59 bits per heavy atom. The van der Waals surface area contributed by atoms with Crippen LogP contribution in [0.5, 0.6) is 0 Å². The fourth-order valence-corrected chi connectivity index (χ4v) is 1.54. The van der Waals surface area contributed by atoms with Gasteiger partial charge in [-0.1, -0.05) is 12.1 Å². The summed E-state index contributed by atoms with van der Waals surface area (Å²) in [6.07, 6.45) is 0. The average molecular weight is 415 g/mol. The van der Waals surface area contributed by atoms with Gasteiger partial charge >= 0.3 is 29.6 Å². The van der Waals surface area contributed by atoms with Crippen molar-refractivity contribution < 1.29 is 34.7 Å². The van der Waals surface area contributed by atoms with E-state index in [0.29, 0.717) is 11.4 Å².